The minimum atomic E-state index is -4.55. The van der Waals surface area contributed by atoms with Crippen LogP contribution >= 0.6 is 0 Å². The van der Waals surface area contributed by atoms with Crippen molar-refractivity contribution in [2.24, 2.45) is 13.0 Å². The van der Waals surface area contributed by atoms with Gasteiger partial charge in [0.2, 0.25) is 17.7 Å². The predicted octanol–water partition coefficient (Wildman–Crippen LogP) is 1.53. The summed E-state index contributed by atoms with van der Waals surface area (Å²) in [6, 6.07) is 13.5. The van der Waals surface area contributed by atoms with Crippen molar-refractivity contribution in [3.05, 3.63) is 54.1 Å². The van der Waals surface area contributed by atoms with Gasteiger partial charge in [0.05, 0.1) is 17.9 Å². The Balaban J connectivity index is 1.56. The van der Waals surface area contributed by atoms with Crippen molar-refractivity contribution < 1.29 is 27.4 Å². The van der Waals surface area contributed by atoms with Crippen LogP contribution in [0.4, 0.5) is 5.69 Å². The molecule has 4 rings (SSSR count). The van der Waals surface area contributed by atoms with Crippen LogP contribution in [0.2, 0.25) is 0 Å². The van der Waals surface area contributed by atoms with E-state index in [0.29, 0.717) is 11.4 Å². The first-order chi connectivity index (χ1) is 18.5. The molecule has 1 aliphatic rings. The topological polar surface area (TPSA) is 164 Å². The standard InChI is InChI=1S/C26H30N6O6S/c1-16(2)25(34)28-20(15-39(36,37)38)26(35)27-13-12-22(33)32-14-17-8-4-5-9-18(17)23-24(31(3)30-29-23)19-10-6-7-11-21(19)32/h4-11,16,20H,12-15H2,1-3H3,(H,27,35)(H,28,34)(H,36,37,38)/t20-/m0/s1. The number of benzene rings is 2. The fourth-order valence-electron chi connectivity index (χ4n) is 4.40. The zero-order valence-corrected chi connectivity index (χ0v) is 22.6. The summed E-state index contributed by atoms with van der Waals surface area (Å²) in [7, 11) is -2.77. The molecule has 12 nitrogen and oxygen atoms in total. The molecule has 0 radical (unpaired) electrons. The average molecular weight is 555 g/mol. The molecule has 1 atom stereocenters. The first-order valence-corrected chi connectivity index (χ1v) is 14.0. The lowest BCUT2D eigenvalue weighted by molar-refractivity contribution is -0.130. The molecule has 0 bridgehead atoms. The van der Waals surface area contributed by atoms with Crippen LogP contribution < -0.4 is 15.5 Å². The minimum Gasteiger partial charge on any atom is -0.354 e. The van der Waals surface area contributed by atoms with E-state index in [0.717, 1.165) is 22.4 Å². The fourth-order valence-corrected chi connectivity index (χ4v) is 5.06. The Morgan fingerprint density at radius 3 is 2.38 bits per heavy atom. The van der Waals surface area contributed by atoms with Gasteiger partial charge < -0.3 is 15.5 Å². The number of rotatable bonds is 8. The molecule has 0 saturated carbocycles. The Labute approximate surface area is 226 Å². The molecule has 2 aromatic carbocycles. The van der Waals surface area contributed by atoms with Crippen molar-refractivity contribution in [1.29, 1.82) is 0 Å². The molecule has 0 saturated heterocycles. The van der Waals surface area contributed by atoms with E-state index in [1.807, 2.05) is 48.5 Å². The monoisotopic (exact) mass is 554 g/mol. The molecule has 3 N–H and O–H groups in total. The molecular weight excluding hydrogens is 524 g/mol. The van der Waals surface area contributed by atoms with Gasteiger partial charge >= 0.3 is 0 Å². The number of aromatic nitrogens is 3. The summed E-state index contributed by atoms with van der Waals surface area (Å²) in [6.45, 7) is 3.31. The van der Waals surface area contributed by atoms with Crippen LogP contribution in [0.25, 0.3) is 22.5 Å². The molecule has 0 fully saturated rings. The summed E-state index contributed by atoms with van der Waals surface area (Å²) in [5.41, 5.74) is 4.64. The van der Waals surface area contributed by atoms with Crippen molar-refractivity contribution in [1.82, 2.24) is 25.6 Å². The largest absolute Gasteiger partial charge is 0.354 e. The molecule has 13 heteroatoms. The van der Waals surface area contributed by atoms with E-state index in [1.165, 1.54) is 0 Å². The molecule has 2 heterocycles. The number of carbonyl (C=O) groups is 3. The van der Waals surface area contributed by atoms with Crippen LogP contribution in [0.3, 0.4) is 0 Å². The van der Waals surface area contributed by atoms with E-state index in [4.69, 9.17) is 0 Å². The smallest absolute Gasteiger partial charge is 0.267 e. The zero-order chi connectivity index (χ0) is 28.3. The summed E-state index contributed by atoms with van der Waals surface area (Å²) >= 11 is 0. The Morgan fingerprint density at radius 2 is 1.69 bits per heavy atom. The Morgan fingerprint density at radius 1 is 1.03 bits per heavy atom. The zero-order valence-electron chi connectivity index (χ0n) is 21.8. The first kappa shape index (κ1) is 27.9. The summed E-state index contributed by atoms with van der Waals surface area (Å²) < 4.78 is 33.7. The SMILES string of the molecule is CC(C)C(=O)N[C@@H](CS(=O)(=O)O)C(=O)NCCC(=O)N1Cc2ccccc2-c2nnn(C)c2-c2ccccc21. The molecule has 0 spiro atoms. The summed E-state index contributed by atoms with van der Waals surface area (Å²) in [6.07, 6.45) is -0.102. The van der Waals surface area contributed by atoms with Crippen molar-refractivity contribution >= 4 is 33.5 Å². The maximum absolute atomic E-state index is 13.5. The molecule has 3 amide bonds. The maximum atomic E-state index is 13.5. The lowest BCUT2D eigenvalue weighted by Crippen LogP contribution is -2.51. The van der Waals surface area contributed by atoms with Crippen LogP contribution in [-0.2, 0) is 38.1 Å². The van der Waals surface area contributed by atoms with Crippen LogP contribution in [0.1, 0.15) is 25.8 Å². The molecule has 3 aromatic rings. The van der Waals surface area contributed by atoms with E-state index in [2.05, 4.69) is 20.9 Å². The summed E-state index contributed by atoms with van der Waals surface area (Å²) in [5.74, 6) is -3.14. The second-order valence-corrected chi connectivity index (χ2v) is 11.1. The third kappa shape index (κ3) is 6.32. The van der Waals surface area contributed by atoms with Gasteiger partial charge in [-0.2, -0.15) is 8.42 Å². The van der Waals surface area contributed by atoms with Crippen molar-refractivity contribution in [2.45, 2.75) is 32.9 Å². The average Bonchev–Trinajstić information content (AvgIpc) is 3.25. The van der Waals surface area contributed by atoms with Gasteiger partial charge in [-0.15, -0.1) is 5.10 Å². The number of nitrogens with one attached hydrogen (secondary N) is 2. The quantitative estimate of drug-likeness (QED) is 0.353. The van der Waals surface area contributed by atoms with Gasteiger partial charge in [0.1, 0.15) is 17.5 Å². The third-order valence-electron chi connectivity index (χ3n) is 6.35. The summed E-state index contributed by atoms with van der Waals surface area (Å²) in [4.78, 5) is 39.9. The highest BCUT2D eigenvalue weighted by molar-refractivity contribution is 7.85. The molecule has 1 aliphatic heterocycles. The molecule has 0 aliphatic carbocycles. The normalized spacial score (nSPS) is 13.4. The van der Waals surface area contributed by atoms with Crippen LogP contribution in [0.15, 0.2) is 48.5 Å². The Bertz CT molecular complexity index is 1520. The van der Waals surface area contributed by atoms with E-state index >= 15 is 0 Å². The fraction of sp³-hybridized carbons (Fsp3) is 0.346. The first-order valence-electron chi connectivity index (χ1n) is 12.4. The molecule has 206 valence electrons. The van der Waals surface area contributed by atoms with E-state index in [1.54, 1.807) is 30.5 Å². The highest BCUT2D eigenvalue weighted by Gasteiger charge is 2.30. The second-order valence-electron chi connectivity index (χ2n) is 9.57. The van der Waals surface area contributed by atoms with Crippen molar-refractivity contribution in [2.75, 3.05) is 17.2 Å². The number of para-hydroxylation sites is 1. The Hall–Kier alpha value is -4.10. The number of fused-ring (bicyclic) bond motifs is 5. The number of carbonyl (C=O) groups excluding carboxylic acids is 3. The van der Waals surface area contributed by atoms with E-state index in [-0.39, 0.29) is 25.4 Å². The van der Waals surface area contributed by atoms with Gasteiger partial charge in [-0.1, -0.05) is 61.5 Å². The van der Waals surface area contributed by atoms with Gasteiger partial charge in [-0.3, -0.25) is 18.9 Å². The number of nitrogens with zero attached hydrogens (tertiary/aromatic N) is 4. The third-order valence-corrected chi connectivity index (χ3v) is 7.11. The van der Waals surface area contributed by atoms with Crippen LogP contribution in [0, 0.1) is 5.92 Å². The summed E-state index contributed by atoms with van der Waals surface area (Å²) in [5, 5.41) is 13.4. The van der Waals surface area contributed by atoms with Crippen LogP contribution in [0.5, 0.6) is 0 Å². The molecular formula is C26H30N6O6S. The van der Waals surface area contributed by atoms with Gasteiger partial charge in [-0.05, 0) is 11.6 Å². The van der Waals surface area contributed by atoms with Gasteiger partial charge in [-0.25, -0.2) is 4.68 Å². The number of hydrogen-bond donors (Lipinski definition) is 3. The maximum Gasteiger partial charge on any atom is 0.267 e. The van der Waals surface area contributed by atoms with E-state index in [9.17, 15) is 27.4 Å². The highest BCUT2D eigenvalue weighted by atomic mass is 32.2. The van der Waals surface area contributed by atoms with Crippen molar-refractivity contribution in [3.63, 3.8) is 0 Å². The second kappa shape index (κ2) is 11.3. The molecule has 1 aromatic heterocycles. The minimum absolute atomic E-state index is 0.102. The Kier molecular flexibility index (Phi) is 8.11. The number of hydrogen-bond acceptors (Lipinski definition) is 7. The van der Waals surface area contributed by atoms with Crippen LogP contribution in [-0.4, -0.2) is 64.0 Å². The van der Waals surface area contributed by atoms with Gasteiger partial charge in [0, 0.05) is 37.1 Å². The number of amides is 3. The van der Waals surface area contributed by atoms with Crippen molar-refractivity contribution in [3.8, 4) is 22.5 Å². The number of aryl methyl sites for hydroxylation is 1. The lowest BCUT2D eigenvalue weighted by Gasteiger charge is -2.28. The number of anilines is 1. The predicted molar refractivity (Wildman–Crippen MR) is 144 cm³/mol. The highest BCUT2D eigenvalue weighted by Crippen LogP contribution is 2.40. The lowest BCUT2D eigenvalue weighted by atomic mass is 9.95. The van der Waals surface area contributed by atoms with E-state index < -0.39 is 39.6 Å². The molecule has 39 heavy (non-hydrogen) atoms. The molecule has 0 unspecified atom stereocenters. The van der Waals surface area contributed by atoms with Gasteiger partial charge in [0.25, 0.3) is 10.1 Å². The van der Waals surface area contributed by atoms with Gasteiger partial charge in [0.15, 0.2) is 0 Å².